The number of hydrogen-bond acceptors (Lipinski definition) is 3. The lowest BCUT2D eigenvalue weighted by molar-refractivity contribution is 0.0299. The molecule has 1 aliphatic heterocycles. The van der Waals surface area contributed by atoms with E-state index in [0.29, 0.717) is 12.6 Å². The van der Waals surface area contributed by atoms with E-state index < -0.39 is 0 Å². The summed E-state index contributed by atoms with van der Waals surface area (Å²) < 4.78 is 18.9. The van der Waals surface area contributed by atoms with Gasteiger partial charge in [-0.25, -0.2) is 4.39 Å². The van der Waals surface area contributed by atoms with Crippen molar-refractivity contribution >= 4 is 5.69 Å². The van der Waals surface area contributed by atoms with Crippen molar-refractivity contribution in [1.29, 1.82) is 0 Å². The Morgan fingerprint density at radius 3 is 2.94 bits per heavy atom. The highest BCUT2D eigenvalue weighted by Gasteiger charge is 2.27. The smallest absolute Gasteiger partial charge is 0.123 e. The normalized spacial score (nSPS) is 24.3. The van der Waals surface area contributed by atoms with Crippen molar-refractivity contribution in [2.75, 3.05) is 18.1 Å². The minimum atomic E-state index is -0.228. The van der Waals surface area contributed by atoms with Gasteiger partial charge in [-0.05, 0) is 37.1 Å². The Morgan fingerprint density at radius 1 is 1.50 bits per heavy atom. The van der Waals surface area contributed by atoms with Crippen LogP contribution in [0.5, 0.6) is 0 Å². The van der Waals surface area contributed by atoms with Gasteiger partial charge >= 0.3 is 0 Å². The SMILES string of the molecule is CCC1COC(C)CN1c1ccc(F)cc1CN. The summed E-state index contributed by atoms with van der Waals surface area (Å²) in [7, 11) is 0. The van der Waals surface area contributed by atoms with Crippen molar-refractivity contribution in [1.82, 2.24) is 0 Å². The minimum Gasteiger partial charge on any atom is -0.375 e. The number of benzene rings is 1. The highest BCUT2D eigenvalue weighted by atomic mass is 19.1. The third-order valence-electron chi connectivity index (χ3n) is 3.51. The van der Waals surface area contributed by atoms with Crippen molar-refractivity contribution in [2.24, 2.45) is 5.73 Å². The Bertz CT molecular complexity index is 411. The molecule has 0 aromatic heterocycles. The maximum Gasteiger partial charge on any atom is 0.123 e. The van der Waals surface area contributed by atoms with Crippen LogP contribution in [-0.2, 0) is 11.3 Å². The summed E-state index contributed by atoms with van der Waals surface area (Å²) in [6, 6.07) is 5.21. The van der Waals surface area contributed by atoms with E-state index >= 15 is 0 Å². The van der Waals surface area contributed by atoms with Gasteiger partial charge in [0.05, 0.1) is 18.8 Å². The Labute approximate surface area is 108 Å². The fraction of sp³-hybridized carbons (Fsp3) is 0.571. The number of nitrogens with zero attached hydrogens (tertiary/aromatic N) is 1. The molecule has 1 aliphatic rings. The van der Waals surface area contributed by atoms with Crippen LogP contribution in [0.25, 0.3) is 0 Å². The predicted octanol–water partition coefficient (Wildman–Crippen LogP) is 2.29. The van der Waals surface area contributed by atoms with Crippen LogP contribution in [-0.4, -0.2) is 25.3 Å². The topological polar surface area (TPSA) is 38.5 Å². The van der Waals surface area contributed by atoms with Gasteiger partial charge in [0.25, 0.3) is 0 Å². The number of anilines is 1. The molecule has 1 saturated heterocycles. The maximum atomic E-state index is 13.3. The molecule has 4 heteroatoms. The number of hydrogen-bond donors (Lipinski definition) is 1. The highest BCUT2D eigenvalue weighted by molar-refractivity contribution is 5.55. The van der Waals surface area contributed by atoms with Crippen molar-refractivity contribution < 1.29 is 9.13 Å². The molecule has 0 spiro atoms. The van der Waals surface area contributed by atoms with Crippen molar-refractivity contribution in [3.63, 3.8) is 0 Å². The lowest BCUT2D eigenvalue weighted by atomic mass is 10.1. The lowest BCUT2D eigenvalue weighted by Crippen LogP contribution is -2.49. The van der Waals surface area contributed by atoms with E-state index in [1.54, 1.807) is 0 Å². The van der Waals surface area contributed by atoms with Crippen LogP contribution < -0.4 is 10.6 Å². The van der Waals surface area contributed by atoms with Crippen LogP contribution in [0.2, 0.25) is 0 Å². The summed E-state index contributed by atoms with van der Waals surface area (Å²) in [6.45, 7) is 6.11. The quantitative estimate of drug-likeness (QED) is 0.897. The number of rotatable bonds is 3. The van der Waals surface area contributed by atoms with Crippen LogP contribution in [0.1, 0.15) is 25.8 Å². The number of ether oxygens (including phenoxy) is 1. The second-order valence-corrected chi connectivity index (χ2v) is 4.84. The van der Waals surface area contributed by atoms with Gasteiger partial charge in [-0.15, -0.1) is 0 Å². The van der Waals surface area contributed by atoms with Gasteiger partial charge < -0.3 is 15.4 Å². The number of halogens is 1. The van der Waals surface area contributed by atoms with Crippen LogP contribution in [0.15, 0.2) is 18.2 Å². The monoisotopic (exact) mass is 252 g/mol. The predicted molar refractivity (Wildman–Crippen MR) is 71.1 cm³/mol. The first-order valence-corrected chi connectivity index (χ1v) is 6.52. The van der Waals surface area contributed by atoms with E-state index in [-0.39, 0.29) is 11.9 Å². The van der Waals surface area contributed by atoms with Crippen LogP contribution in [0.4, 0.5) is 10.1 Å². The summed E-state index contributed by atoms with van der Waals surface area (Å²) in [5.41, 5.74) is 7.63. The molecule has 0 radical (unpaired) electrons. The second kappa shape index (κ2) is 5.67. The standard InChI is InChI=1S/C14H21FN2O/c1-3-13-9-18-10(2)8-17(13)14-5-4-12(15)6-11(14)7-16/h4-6,10,13H,3,7-9,16H2,1-2H3. The zero-order valence-corrected chi connectivity index (χ0v) is 11.0. The molecule has 0 saturated carbocycles. The van der Waals surface area contributed by atoms with E-state index in [2.05, 4.69) is 18.7 Å². The van der Waals surface area contributed by atoms with Crippen molar-refractivity contribution in [2.45, 2.75) is 39.0 Å². The van der Waals surface area contributed by atoms with E-state index in [4.69, 9.17) is 10.5 Å². The van der Waals surface area contributed by atoms with Gasteiger partial charge in [0, 0.05) is 18.8 Å². The highest BCUT2D eigenvalue weighted by Crippen LogP contribution is 2.27. The first-order chi connectivity index (χ1) is 8.65. The maximum absolute atomic E-state index is 13.3. The zero-order valence-electron chi connectivity index (χ0n) is 11.0. The molecule has 2 unspecified atom stereocenters. The van der Waals surface area contributed by atoms with Crippen molar-refractivity contribution in [3.05, 3.63) is 29.6 Å². The van der Waals surface area contributed by atoms with Gasteiger partial charge in [0.2, 0.25) is 0 Å². The summed E-state index contributed by atoms with van der Waals surface area (Å²) in [4.78, 5) is 2.30. The Morgan fingerprint density at radius 2 is 2.28 bits per heavy atom. The molecule has 1 fully saturated rings. The van der Waals surface area contributed by atoms with Gasteiger partial charge in [0.1, 0.15) is 5.82 Å². The minimum absolute atomic E-state index is 0.198. The average Bonchev–Trinajstić information content (AvgIpc) is 2.38. The molecular formula is C14H21FN2O. The molecule has 2 rings (SSSR count). The second-order valence-electron chi connectivity index (χ2n) is 4.84. The molecule has 1 aromatic carbocycles. The first-order valence-electron chi connectivity index (χ1n) is 6.52. The molecule has 2 atom stereocenters. The van der Waals surface area contributed by atoms with Crippen LogP contribution >= 0.6 is 0 Å². The lowest BCUT2D eigenvalue weighted by Gasteiger charge is -2.40. The molecule has 18 heavy (non-hydrogen) atoms. The van der Waals surface area contributed by atoms with Gasteiger partial charge in [0.15, 0.2) is 0 Å². The van der Waals surface area contributed by atoms with Gasteiger partial charge in [-0.1, -0.05) is 6.92 Å². The van der Waals surface area contributed by atoms with Crippen LogP contribution in [0.3, 0.4) is 0 Å². The van der Waals surface area contributed by atoms with Gasteiger partial charge in [-0.2, -0.15) is 0 Å². The molecule has 1 heterocycles. The third-order valence-corrected chi connectivity index (χ3v) is 3.51. The van der Waals surface area contributed by atoms with Crippen LogP contribution in [0, 0.1) is 5.82 Å². The molecule has 100 valence electrons. The number of nitrogens with two attached hydrogens (primary N) is 1. The number of morpholine rings is 1. The molecule has 3 nitrogen and oxygen atoms in total. The molecule has 1 aromatic rings. The largest absolute Gasteiger partial charge is 0.375 e. The average molecular weight is 252 g/mol. The summed E-state index contributed by atoms with van der Waals surface area (Å²) in [5.74, 6) is -0.228. The summed E-state index contributed by atoms with van der Waals surface area (Å²) in [6.07, 6.45) is 1.21. The Balaban J connectivity index is 2.32. The Hall–Kier alpha value is -1.13. The molecule has 0 aliphatic carbocycles. The Kier molecular flexibility index (Phi) is 4.19. The van der Waals surface area contributed by atoms with E-state index in [0.717, 1.165) is 30.8 Å². The van der Waals surface area contributed by atoms with E-state index in [1.165, 1.54) is 12.1 Å². The van der Waals surface area contributed by atoms with Crippen molar-refractivity contribution in [3.8, 4) is 0 Å². The molecule has 2 N–H and O–H groups in total. The first kappa shape index (κ1) is 13.3. The fourth-order valence-corrected chi connectivity index (χ4v) is 2.48. The van der Waals surface area contributed by atoms with E-state index in [9.17, 15) is 4.39 Å². The third kappa shape index (κ3) is 2.65. The summed E-state index contributed by atoms with van der Waals surface area (Å²) >= 11 is 0. The molecular weight excluding hydrogens is 231 g/mol. The van der Waals surface area contributed by atoms with E-state index in [1.807, 2.05) is 6.07 Å². The zero-order chi connectivity index (χ0) is 13.1. The van der Waals surface area contributed by atoms with Gasteiger partial charge in [-0.3, -0.25) is 0 Å². The molecule has 0 bridgehead atoms. The summed E-state index contributed by atoms with van der Waals surface area (Å²) in [5, 5.41) is 0. The molecule has 0 amide bonds. The fourth-order valence-electron chi connectivity index (χ4n) is 2.48.